The zero-order valence-corrected chi connectivity index (χ0v) is 14.9. The summed E-state index contributed by atoms with van der Waals surface area (Å²) in [7, 11) is 0. The van der Waals surface area contributed by atoms with Crippen molar-refractivity contribution in [1.82, 2.24) is 4.90 Å². The molecule has 0 atom stereocenters. The second kappa shape index (κ2) is 7.15. The Kier molecular flexibility index (Phi) is 4.95. The molecule has 3 rings (SSSR count). The highest BCUT2D eigenvalue weighted by Crippen LogP contribution is 2.26. The summed E-state index contributed by atoms with van der Waals surface area (Å²) in [5.74, 6) is 0. The molecule has 130 valence electrons. The van der Waals surface area contributed by atoms with Crippen molar-refractivity contribution < 1.29 is 0 Å². The van der Waals surface area contributed by atoms with Gasteiger partial charge in [0.2, 0.25) is 0 Å². The first kappa shape index (κ1) is 17.3. The molecule has 1 fully saturated rings. The van der Waals surface area contributed by atoms with E-state index in [9.17, 15) is 0 Å². The van der Waals surface area contributed by atoms with Gasteiger partial charge in [-0.25, -0.2) is 0 Å². The molecule has 25 heavy (non-hydrogen) atoms. The standard InChI is InChI=1S/C20H25N5/c1-14-15(2)20(6-4-17(14)12-21)25-9-7-24(8-10-25)13-16-3-5-18(22)19(23)11-16/h3-6,11-12,21-23H,7-10,13H2,1-2H3. The van der Waals surface area contributed by atoms with Crippen molar-refractivity contribution in [2.45, 2.75) is 13.8 Å². The van der Waals surface area contributed by atoms with E-state index in [1.54, 1.807) is 12.2 Å². The summed E-state index contributed by atoms with van der Waals surface area (Å²) in [4.78, 5) is 4.83. The Balaban J connectivity index is 1.63. The number of benzene rings is 1. The molecular weight excluding hydrogens is 310 g/mol. The molecular formula is C20H25N5. The lowest BCUT2D eigenvalue weighted by molar-refractivity contribution is 0.280. The van der Waals surface area contributed by atoms with Gasteiger partial charge in [-0.2, -0.15) is 0 Å². The Morgan fingerprint density at radius 1 is 0.960 bits per heavy atom. The molecule has 2 aliphatic rings. The summed E-state index contributed by atoms with van der Waals surface area (Å²) < 4.78 is 0. The monoisotopic (exact) mass is 335 g/mol. The molecule has 1 saturated heterocycles. The summed E-state index contributed by atoms with van der Waals surface area (Å²) in [6.07, 6.45) is 6.90. The van der Waals surface area contributed by atoms with Crippen LogP contribution in [0.5, 0.6) is 0 Å². The number of hydrogen-bond donors (Lipinski definition) is 3. The number of nitrogens with zero attached hydrogens (tertiary/aromatic N) is 2. The van der Waals surface area contributed by atoms with Gasteiger partial charge in [0.05, 0.1) is 11.4 Å². The zero-order chi connectivity index (χ0) is 18.0. The Morgan fingerprint density at radius 3 is 2.32 bits per heavy atom. The van der Waals surface area contributed by atoms with Crippen LogP contribution in [0.4, 0.5) is 5.69 Å². The van der Waals surface area contributed by atoms with Crippen molar-refractivity contribution in [2.24, 2.45) is 0 Å². The summed E-state index contributed by atoms with van der Waals surface area (Å²) in [6, 6.07) is 4.17. The average molecular weight is 335 g/mol. The van der Waals surface area contributed by atoms with Crippen LogP contribution in [0.3, 0.4) is 0 Å². The minimum Gasteiger partial charge on any atom is -0.369 e. The Bertz CT molecular complexity index is 780. The van der Waals surface area contributed by atoms with Crippen molar-refractivity contribution in [3.63, 3.8) is 0 Å². The number of anilines is 1. The van der Waals surface area contributed by atoms with Crippen molar-refractivity contribution >= 4 is 23.3 Å². The van der Waals surface area contributed by atoms with Gasteiger partial charge < -0.3 is 10.3 Å². The van der Waals surface area contributed by atoms with Gasteiger partial charge in [0.1, 0.15) is 0 Å². The molecule has 5 nitrogen and oxygen atoms in total. The second-order valence-corrected chi connectivity index (χ2v) is 6.71. The lowest BCUT2D eigenvalue weighted by atomic mass is 10.0. The molecule has 0 spiro atoms. The van der Waals surface area contributed by atoms with Gasteiger partial charge in [0.25, 0.3) is 0 Å². The predicted octanol–water partition coefficient (Wildman–Crippen LogP) is 2.96. The SMILES string of the molecule is Cc1c(C=N)ccc(N2CCN(CC3=CC(=N)C(=N)C=C3)CC2)c1C. The van der Waals surface area contributed by atoms with E-state index in [4.69, 9.17) is 16.2 Å². The molecule has 0 aromatic heterocycles. The second-order valence-electron chi connectivity index (χ2n) is 6.71. The molecule has 3 N–H and O–H groups in total. The highest BCUT2D eigenvalue weighted by Gasteiger charge is 2.20. The van der Waals surface area contributed by atoms with E-state index >= 15 is 0 Å². The number of nitrogens with one attached hydrogen (secondary N) is 3. The summed E-state index contributed by atoms with van der Waals surface area (Å²) in [5, 5.41) is 22.9. The molecule has 1 aliphatic heterocycles. The Morgan fingerprint density at radius 2 is 1.68 bits per heavy atom. The molecule has 1 heterocycles. The van der Waals surface area contributed by atoms with Gasteiger partial charge in [-0.15, -0.1) is 0 Å². The largest absolute Gasteiger partial charge is 0.369 e. The van der Waals surface area contributed by atoms with Gasteiger partial charge >= 0.3 is 0 Å². The van der Waals surface area contributed by atoms with E-state index in [1.807, 2.05) is 12.1 Å². The van der Waals surface area contributed by atoms with Crippen LogP contribution in [0.1, 0.15) is 16.7 Å². The third-order valence-corrected chi connectivity index (χ3v) is 5.16. The van der Waals surface area contributed by atoms with E-state index in [-0.39, 0.29) is 5.71 Å². The van der Waals surface area contributed by atoms with Crippen molar-refractivity contribution in [2.75, 3.05) is 37.6 Å². The van der Waals surface area contributed by atoms with Gasteiger partial charge in [0, 0.05) is 44.6 Å². The maximum absolute atomic E-state index is 7.77. The molecule has 0 bridgehead atoms. The predicted molar refractivity (Wildman–Crippen MR) is 105 cm³/mol. The molecule has 0 unspecified atom stereocenters. The van der Waals surface area contributed by atoms with Gasteiger partial charge in [-0.3, -0.25) is 15.7 Å². The number of hydrogen-bond acceptors (Lipinski definition) is 5. The molecule has 1 aromatic carbocycles. The van der Waals surface area contributed by atoms with Crippen LogP contribution < -0.4 is 4.90 Å². The zero-order valence-electron chi connectivity index (χ0n) is 14.9. The fourth-order valence-corrected chi connectivity index (χ4v) is 3.42. The van der Waals surface area contributed by atoms with Gasteiger partial charge in [0.15, 0.2) is 0 Å². The van der Waals surface area contributed by atoms with Crippen LogP contribution in [0.2, 0.25) is 0 Å². The minimum absolute atomic E-state index is 0.285. The molecule has 1 aliphatic carbocycles. The quantitative estimate of drug-likeness (QED) is 0.584. The summed E-state index contributed by atoms with van der Waals surface area (Å²) in [6.45, 7) is 9.00. The topological polar surface area (TPSA) is 78.0 Å². The Hall–Kier alpha value is -2.53. The van der Waals surface area contributed by atoms with E-state index in [2.05, 4.69) is 29.7 Å². The number of piperazine rings is 1. The Labute approximate surface area is 149 Å². The van der Waals surface area contributed by atoms with Crippen LogP contribution in [0.25, 0.3) is 0 Å². The van der Waals surface area contributed by atoms with Crippen molar-refractivity contribution in [1.29, 1.82) is 16.2 Å². The molecule has 5 heteroatoms. The average Bonchev–Trinajstić information content (AvgIpc) is 2.61. The summed E-state index contributed by atoms with van der Waals surface area (Å²) >= 11 is 0. The third kappa shape index (κ3) is 3.61. The van der Waals surface area contributed by atoms with E-state index < -0.39 is 0 Å². The summed E-state index contributed by atoms with van der Waals surface area (Å²) in [5.41, 5.74) is 6.41. The highest BCUT2D eigenvalue weighted by molar-refractivity contribution is 6.49. The fourth-order valence-electron chi connectivity index (χ4n) is 3.42. The first-order chi connectivity index (χ1) is 12.0. The van der Waals surface area contributed by atoms with Crippen LogP contribution >= 0.6 is 0 Å². The first-order valence-electron chi connectivity index (χ1n) is 8.63. The molecule has 0 saturated carbocycles. The van der Waals surface area contributed by atoms with Gasteiger partial charge in [-0.1, -0.05) is 12.1 Å². The lowest BCUT2D eigenvalue weighted by Gasteiger charge is -2.37. The normalized spacial score (nSPS) is 18.5. The van der Waals surface area contributed by atoms with Crippen LogP contribution in [0, 0.1) is 30.1 Å². The maximum Gasteiger partial charge on any atom is 0.0792 e. The number of allylic oxidation sites excluding steroid dienone is 2. The van der Waals surface area contributed by atoms with Gasteiger partial charge in [-0.05, 0) is 54.3 Å². The van der Waals surface area contributed by atoms with E-state index in [0.717, 1.165) is 43.9 Å². The highest BCUT2D eigenvalue weighted by atomic mass is 15.3. The number of rotatable bonds is 4. The molecule has 0 amide bonds. The fraction of sp³-hybridized carbons (Fsp3) is 0.350. The molecule has 0 radical (unpaired) electrons. The molecule has 1 aromatic rings. The minimum atomic E-state index is 0.285. The van der Waals surface area contributed by atoms with E-state index in [0.29, 0.717) is 5.71 Å². The third-order valence-electron chi connectivity index (χ3n) is 5.16. The first-order valence-corrected chi connectivity index (χ1v) is 8.63. The van der Waals surface area contributed by atoms with E-state index in [1.165, 1.54) is 23.0 Å². The van der Waals surface area contributed by atoms with Crippen LogP contribution in [-0.4, -0.2) is 55.3 Å². The van der Waals surface area contributed by atoms with Crippen LogP contribution in [0.15, 0.2) is 35.9 Å². The van der Waals surface area contributed by atoms with Crippen molar-refractivity contribution in [3.8, 4) is 0 Å². The van der Waals surface area contributed by atoms with Crippen LogP contribution in [-0.2, 0) is 0 Å². The maximum atomic E-state index is 7.77. The van der Waals surface area contributed by atoms with Crippen molar-refractivity contribution in [3.05, 3.63) is 52.6 Å². The smallest absolute Gasteiger partial charge is 0.0792 e. The lowest BCUT2D eigenvalue weighted by Crippen LogP contribution is -2.47.